The molecule has 2 rings (SSSR count). The Labute approximate surface area is 124 Å². The zero-order valence-electron chi connectivity index (χ0n) is 11.6. The van der Waals surface area contributed by atoms with Crippen molar-refractivity contribution in [2.45, 2.75) is 13.5 Å². The van der Waals surface area contributed by atoms with Crippen molar-refractivity contribution in [3.8, 4) is 0 Å². The largest absolute Gasteiger partial charge is 0.391 e. The second-order valence-electron chi connectivity index (χ2n) is 4.33. The van der Waals surface area contributed by atoms with E-state index in [-0.39, 0.29) is 0 Å². The highest BCUT2D eigenvalue weighted by atomic mass is 35.5. The number of nitrogens with one attached hydrogen (secondary N) is 1. The fraction of sp³-hybridized carbons (Fsp3) is 0.188. The predicted molar refractivity (Wildman–Crippen MR) is 84.4 cm³/mol. The number of hydrogen-bond acceptors (Lipinski definition) is 3. The standard InChI is InChI=1S/C16H17ClN2O/c1-12(13-7-4-3-5-8-13)19-20-11-14-15(17)9-6-10-16(14)18-2/h3-10,18H,11H2,1-2H3. The van der Waals surface area contributed by atoms with Gasteiger partial charge in [0.2, 0.25) is 0 Å². The van der Waals surface area contributed by atoms with Gasteiger partial charge in [-0.2, -0.15) is 0 Å². The molecular weight excluding hydrogens is 272 g/mol. The van der Waals surface area contributed by atoms with Gasteiger partial charge in [0.15, 0.2) is 0 Å². The molecule has 0 fully saturated rings. The molecule has 0 heterocycles. The normalized spacial score (nSPS) is 11.2. The molecule has 0 saturated heterocycles. The fourth-order valence-electron chi connectivity index (χ4n) is 1.87. The van der Waals surface area contributed by atoms with Crippen LogP contribution in [-0.2, 0) is 11.4 Å². The lowest BCUT2D eigenvalue weighted by Gasteiger charge is -2.10. The van der Waals surface area contributed by atoms with E-state index in [2.05, 4.69) is 10.5 Å². The van der Waals surface area contributed by atoms with Gasteiger partial charge < -0.3 is 10.2 Å². The second-order valence-corrected chi connectivity index (χ2v) is 4.74. The minimum absolute atomic E-state index is 0.333. The van der Waals surface area contributed by atoms with Gasteiger partial charge in [-0.15, -0.1) is 0 Å². The van der Waals surface area contributed by atoms with Crippen molar-refractivity contribution in [1.29, 1.82) is 0 Å². The van der Waals surface area contributed by atoms with Gasteiger partial charge in [-0.3, -0.25) is 0 Å². The first-order valence-electron chi connectivity index (χ1n) is 6.39. The number of benzene rings is 2. The number of rotatable bonds is 5. The van der Waals surface area contributed by atoms with Crippen LogP contribution >= 0.6 is 11.6 Å². The molecule has 104 valence electrons. The van der Waals surface area contributed by atoms with Gasteiger partial charge in [0, 0.05) is 23.3 Å². The predicted octanol–water partition coefficient (Wildman–Crippen LogP) is 4.32. The van der Waals surface area contributed by atoms with E-state index in [1.807, 2.05) is 62.5 Å². The molecule has 0 atom stereocenters. The average molecular weight is 289 g/mol. The molecule has 0 saturated carbocycles. The van der Waals surface area contributed by atoms with Crippen LogP contribution in [0.2, 0.25) is 5.02 Å². The van der Waals surface area contributed by atoms with E-state index in [0.717, 1.165) is 22.5 Å². The smallest absolute Gasteiger partial charge is 0.145 e. The Bertz CT molecular complexity index is 597. The Kier molecular flexibility index (Phi) is 5.02. The molecule has 0 aromatic heterocycles. The summed E-state index contributed by atoms with van der Waals surface area (Å²) in [4.78, 5) is 5.42. The molecule has 4 heteroatoms. The van der Waals surface area contributed by atoms with E-state index in [9.17, 15) is 0 Å². The van der Waals surface area contributed by atoms with Crippen LogP contribution in [0, 0.1) is 0 Å². The highest BCUT2D eigenvalue weighted by Gasteiger charge is 2.06. The van der Waals surface area contributed by atoms with Crippen LogP contribution in [0.4, 0.5) is 5.69 Å². The van der Waals surface area contributed by atoms with Gasteiger partial charge >= 0.3 is 0 Å². The topological polar surface area (TPSA) is 33.6 Å². The summed E-state index contributed by atoms with van der Waals surface area (Å²) in [6.07, 6.45) is 0. The molecule has 0 aliphatic rings. The SMILES string of the molecule is CNc1cccc(Cl)c1CON=C(C)c1ccccc1. The summed E-state index contributed by atoms with van der Waals surface area (Å²) in [5.41, 5.74) is 3.73. The third-order valence-corrected chi connectivity index (χ3v) is 3.34. The fourth-order valence-corrected chi connectivity index (χ4v) is 2.09. The Hall–Kier alpha value is -2.00. The summed E-state index contributed by atoms with van der Waals surface area (Å²) in [6.45, 7) is 2.25. The lowest BCUT2D eigenvalue weighted by atomic mass is 10.1. The van der Waals surface area contributed by atoms with Crippen LogP contribution in [0.5, 0.6) is 0 Å². The maximum atomic E-state index is 6.17. The van der Waals surface area contributed by atoms with Crippen LogP contribution in [0.15, 0.2) is 53.7 Å². The van der Waals surface area contributed by atoms with Gasteiger partial charge in [-0.25, -0.2) is 0 Å². The number of anilines is 1. The first-order chi connectivity index (χ1) is 9.72. The molecule has 3 nitrogen and oxygen atoms in total. The van der Waals surface area contributed by atoms with E-state index in [4.69, 9.17) is 16.4 Å². The summed E-state index contributed by atoms with van der Waals surface area (Å²) >= 11 is 6.17. The lowest BCUT2D eigenvalue weighted by molar-refractivity contribution is 0.131. The van der Waals surface area contributed by atoms with E-state index >= 15 is 0 Å². The Morgan fingerprint density at radius 1 is 1.15 bits per heavy atom. The first kappa shape index (κ1) is 14.4. The molecule has 2 aromatic rings. The summed E-state index contributed by atoms with van der Waals surface area (Å²) in [5, 5.41) is 7.90. The first-order valence-corrected chi connectivity index (χ1v) is 6.77. The quantitative estimate of drug-likeness (QED) is 0.656. The zero-order chi connectivity index (χ0) is 14.4. The third kappa shape index (κ3) is 3.52. The molecule has 20 heavy (non-hydrogen) atoms. The molecular formula is C16H17ClN2O. The molecule has 0 aliphatic carbocycles. The second kappa shape index (κ2) is 6.96. The highest BCUT2D eigenvalue weighted by Crippen LogP contribution is 2.24. The molecule has 1 N–H and O–H groups in total. The van der Waals surface area contributed by atoms with Crippen LogP contribution < -0.4 is 5.32 Å². The zero-order valence-corrected chi connectivity index (χ0v) is 12.3. The Balaban J connectivity index is 2.06. The maximum Gasteiger partial charge on any atom is 0.145 e. The van der Waals surface area contributed by atoms with Crippen LogP contribution in [0.3, 0.4) is 0 Å². The summed E-state index contributed by atoms with van der Waals surface area (Å²) in [7, 11) is 1.85. The number of oxime groups is 1. The average Bonchev–Trinajstić information content (AvgIpc) is 2.49. The van der Waals surface area contributed by atoms with E-state index in [1.54, 1.807) is 0 Å². The monoisotopic (exact) mass is 288 g/mol. The van der Waals surface area contributed by atoms with Crippen molar-refractivity contribution in [2.75, 3.05) is 12.4 Å². The van der Waals surface area contributed by atoms with Crippen LogP contribution in [0.1, 0.15) is 18.1 Å². The molecule has 0 bridgehead atoms. The summed E-state index contributed by atoms with van der Waals surface area (Å²) < 4.78 is 0. The van der Waals surface area contributed by atoms with Crippen LogP contribution in [-0.4, -0.2) is 12.8 Å². The van der Waals surface area contributed by atoms with E-state index in [1.165, 1.54) is 0 Å². The number of nitrogens with zero attached hydrogens (tertiary/aromatic N) is 1. The minimum Gasteiger partial charge on any atom is -0.391 e. The summed E-state index contributed by atoms with van der Waals surface area (Å²) in [6, 6.07) is 15.6. The molecule has 0 spiro atoms. The van der Waals surface area contributed by atoms with Crippen molar-refractivity contribution >= 4 is 23.0 Å². The molecule has 0 unspecified atom stereocenters. The third-order valence-electron chi connectivity index (χ3n) is 2.99. The van der Waals surface area contributed by atoms with E-state index < -0.39 is 0 Å². The Morgan fingerprint density at radius 2 is 1.90 bits per heavy atom. The maximum absolute atomic E-state index is 6.17. The molecule has 0 aliphatic heterocycles. The van der Waals surface area contributed by atoms with Crippen molar-refractivity contribution in [2.24, 2.45) is 5.16 Å². The van der Waals surface area contributed by atoms with Gasteiger partial charge in [-0.05, 0) is 24.6 Å². The lowest BCUT2D eigenvalue weighted by Crippen LogP contribution is -2.00. The van der Waals surface area contributed by atoms with Crippen LogP contribution in [0.25, 0.3) is 0 Å². The molecule has 2 aromatic carbocycles. The van der Waals surface area contributed by atoms with Gasteiger partial charge in [0.1, 0.15) is 6.61 Å². The number of hydrogen-bond donors (Lipinski definition) is 1. The molecule has 0 amide bonds. The van der Waals surface area contributed by atoms with Gasteiger partial charge in [0.05, 0.1) is 5.71 Å². The van der Waals surface area contributed by atoms with Crippen molar-refractivity contribution in [3.05, 3.63) is 64.7 Å². The summed E-state index contributed by atoms with van der Waals surface area (Å²) in [5.74, 6) is 0. The van der Waals surface area contributed by atoms with Gasteiger partial charge in [-0.1, -0.05) is 53.2 Å². The van der Waals surface area contributed by atoms with Crippen molar-refractivity contribution in [3.63, 3.8) is 0 Å². The Morgan fingerprint density at radius 3 is 2.60 bits per heavy atom. The van der Waals surface area contributed by atoms with Gasteiger partial charge in [0.25, 0.3) is 0 Å². The van der Waals surface area contributed by atoms with E-state index in [0.29, 0.717) is 11.6 Å². The minimum atomic E-state index is 0.333. The van der Waals surface area contributed by atoms with Crippen molar-refractivity contribution < 1.29 is 4.84 Å². The molecule has 0 radical (unpaired) electrons. The number of halogens is 1. The van der Waals surface area contributed by atoms with Crippen molar-refractivity contribution in [1.82, 2.24) is 0 Å². The highest BCUT2D eigenvalue weighted by molar-refractivity contribution is 6.31.